The first-order valence-electron chi connectivity index (χ1n) is 9.45. The van der Waals surface area contributed by atoms with Crippen molar-refractivity contribution in [2.45, 2.75) is 95.6 Å². The molecule has 0 spiro atoms. The molecule has 2 rings (SSSR count). The molecule has 0 radical (unpaired) electrons. The smallest absolute Gasteiger partial charge is 0.211 e. The molecule has 0 bridgehead atoms. The normalized spacial score (nSPS) is 22.0. The van der Waals surface area contributed by atoms with Crippen LogP contribution in [0, 0.1) is 11.8 Å². The summed E-state index contributed by atoms with van der Waals surface area (Å²) in [7, 11) is 0. The predicted molar refractivity (Wildman–Crippen MR) is 90.8 cm³/mol. The highest BCUT2D eigenvalue weighted by Crippen LogP contribution is 2.48. The zero-order valence-corrected chi connectivity index (χ0v) is 14.4. The third-order valence-electron chi connectivity index (χ3n) is 6.06. The Morgan fingerprint density at radius 3 is 1.83 bits per heavy atom. The summed E-state index contributed by atoms with van der Waals surface area (Å²) in [4.78, 5) is 31.1. The summed E-state index contributed by atoms with van der Waals surface area (Å²) in [5.41, 5.74) is -0.518. The Bertz CT molecular complexity index is 434. The number of hydrogen-bond donors (Lipinski definition) is 0. The van der Waals surface area contributed by atoms with Gasteiger partial charge in [-0.05, 0) is 43.9 Å². The second kappa shape index (κ2) is 9.15. The van der Waals surface area contributed by atoms with E-state index in [1.807, 2.05) is 6.08 Å². The molecule has 0 heterocycles. The molecule has 128 valence electrons. The fraction of sp³-hybridized carbons (Fsp3) is 0.895. The van der Waals surface area contributed by atoms with Crippen LogP contribution in [-0.2, 0) is 9.59 Å². The molecule has 2 fully saturated rings. The number of aliphatic imine (C=N–C) groups is 2. The molecule has 1 atom stereocenters. The molecule has 0 saturated heterocycles. The van der Waals surface area contributed by atoms with Crippen molar-refractivity contribution < 1.29 is 9.59 Å². The maximum Gasteiger partial charge on any atom is 0.235 e. The SMILES string of the molecule is CCCC(N=C=O)C(N=C=O)(C1CCCCC1)C1CCCCC1. The lowest BCUT2D eigenvalue weighted by Gasteiger charge is -2.48. The number of rotatable bonds is 7. The molecular weight excluding hydrogens is 288 g/mol. The number of nitrogens with zero attached hydrogens (tertiary/aromatic N) is 2. The van der Waals surface area contributed by atoms with E-state index < -0.39 is 5.54 Å². The molecular formula is C19H30N2O2. The average molecular weight is 318 g/mol. The highest BCUT2D eigenvalue weighted by atomic mass is 16.1. The molecule has 2 aliphatic carbocycles. The first kappa shape index (κ1) is 18.1. The maximum atomic E-state index is 11.4. The lowest BCUT2D eigenvalue weighted by molar-refractivity contribution is 0.0802. The van der Waals surface area contributed by atoms with Gasteiger partial charge in [-0.1, -0.05) is 51.9 Å². The number of isocyanates is 2. The van der Waals surface area contributed by atoms with E-state index >= 15 is 0 Å². The second-order valence-corrected chi connectivity index (χ2v) is 7.29. The van der Waals surface area contributed by atoms with Crippen LogP contribution in [0.15, 0.2) is 9.98 Å². The van der Waals surface area contributed by atoms with Gasteiger partial charge >= 0.3 is 0 Å². The van der Waals surface area contributed by atoms with Crippen LogP contribution in [0.4, 0.5) is 0 Å². The van der Waals surface area contributed by atoms with Crippen molar-refractivity contribution in [3.63, 3.8) is 0 Å². The van der Waals surface area contributed by atoms with E-state index in [2.05, 4.69) is 16.9 Å². The molecule has 23 heavy (non-hydrogen) atoms. The van der Waals surface area contributed by atoms with E-state index in [1.165, 1.54) is 38.5 Å². The topological polar surface area (TPSA) is 58.9 Å². The molecule has 0 amide bonds. The summed E-state index contributed by atoms with van der Waals surface area (Å²) < 4.78 is 0. The summed E-state index contributed by atoms with van der Waals surface area (Å²) in [5, 5.41) is 0. The zero-order valence-electron chi connectivity index (χ0n) is 14.4. The van der Waals surface area contributed by atoms with Gasteiger partial charge in [0.15, 0.2) is 0 Å². The first-order valence-corrected chi connectivity index (χ1v) is 9.45. The quantitative estimate of drug-likeness (QED) is 0.503. The molecule has 4 heteroatoms. The largest absolute Gasteiger partial charge is 0.235 e. The molecule has 0 N–H and O–H groups in total. The Kier molecular flexibility index (Phi) is 7.20. The molecule has 0 aromatic rings. The van der Waals surface area contributed by atoms with E-state index in [-0.39, 0.29) is 6.04 Å². The minimum atomic E-state index is -0.518. The van der Waals surface area contributed by atoms with E-state index in [9.17, 15) is 9.59 Å². The van der Waals surface area contributed by atoms with E-state index in [0.717, 1.165) is 38.5 Å². The van der Waals surface area contributed by atoms with Crippen molar-refractivity contribution in [2.24, 2.45) is 21.8 Å². The van der Waals surface area contributed by atoms with E-state index in [4.69, 9.17) is 0 Å². The fourth-order valence-electron chi connectivity index (χ4n) is 5.08. The summed E-state index contributed by atoms with van der Waals surface area (Å²) in [6.45, 7) is 2.10. The second-order valence-electron chi connectivity index (χ2n) is 7.29. The fourth-order valence-corrected chi connectivity index (χ4v) is 5.08. The van der Waals surface area contributed by atoms with Crippen LogP contribution in [0.3, 0.4) is 0 Å². The van der Waals surface area contributed by atoms with Gasteiger partial charge in [0.2, 0.25) is 12.2 Å². The van der Waals surface area contributed by atoms with Gasteiger partial charge < -0.3 is 0 Å². The Morgan fingerprint density at radius 1 is 0.913 bits per heavy atom. The van der Waals surface area contributed by atoms with Gasteiger partial charge in [0.25, 0.3) is 0 Å². The third kappa shape index (κ3) is 4.00. The molecule has 1 unspecified atom stereocenters. The van der Waals surface area contributed by atoms with Crippen LogP contribution in [0.2, 0.25) is 0 Å². The molecule has 2 saturated carbocycles. The molecule has 4 nitrogen and oxygen atoms in total. The predicted octanol–water partition coefficient (Wildman–Crippen LogP) is 4.73. The Morgan fingerprint density at radius 2 is 1.43 bits per heavy atom. The van der Waals surface area contributed by atoms with E-state index in [0.29, 0.717) is 11.8 Å². The van der Waals surface area contributed by atoms with Crippen LogP contribution < -0.4 is 0 Å². The standard InChI is InChI=1S/C19H30N2O2/c1-2-9-18(20-14-22)19(21-15-23,16-10-5-3-6-11-16)17-12-7-4-8-13-17/h16-18H,2-13H2,1H3. The van der Waals surface area contributed by atoms with Crippen LogP contribution in [0.25, 0.3) is 0 Å². The lowest BCUT2D eigenvalue weighted by atomic mass is 9.60. The van der Waals surface area contributed by atoms with Gasteiger partial charge in [0.05, 0.1) is 6.04 Å². The van der Waals surface area contributed by atoms with Crippen molar-refractivity contribution in [3.8, 4) is 0 Å². The first-order chi connectivity index (χ1) is 11.3. The van der Waals surface area contributed by atoms with Gasteiger partial charge in [-0.2, -0.15) is 9.98 Å². The van der Waals surface area contributed by atoms with Gasteiger partial charge in [-0.3, -0.25) is 0 Å². The Hall–Kier alpha value is -1.24. The molecule has 0 aromatic heterocycles. The third-order valence-corrected chi connectivity index (χ3v) is 6.06. The molecule has 0 aliphatic heterocycles. The highest BCUT2D eigenvalue weighted by molar-refractivity contribution is 5.39. The average Bonchev–Trinajstić information content (AvgIpc) is 2.61. The molecule has 2 aliphatic rings. The lowest BCUT2D eigenvalue weighted by Crippen LogP contribution is -2.53. The molecule has 0 aromatic carbocycles. The van der Waals surface area contributed by atoms with Gasteiger partial charge in [-0.25, -0.2) is 9.59 Å². The van der Waals surface area contributed by atoms with Crippen molar-refractivity contribution >= 4 is 12.2 Å². The minimum absolute atomic E-state index is 0.211. The number of hydrogen-bond acceptors (Lipinski definition) is 4. The summed E-state index contributed by atoms with van der Waals surface area (Å²) in [5.74, 6) is 0.712. The van der Waals surface area contributed by atoms with Crippen molar-refractivity contribution in [1.82, 2.24) is 0 Å². The monoisotopic (exact) mass is 318 g/mol. The Balaban J connectivity index is 2.46. The highest BCUT2D eigenvalue weighted by Gasteiger charge is 2.51. The number of carbonyl (C=O) groups excluding carboxylic acids is 2. The summed E-state index contributed by atoms with van der Waals surface area (Å²) in [6.07, 6.45) is 17.1. The van der Waals surface area contributed by atoms with Crippen molar-refractivity contribution in [1.29, 1.82) is 0 Å². The van der Waals surface area contributed by atoms with Gasteiger partial charge in [-0.15, -0.1) is 0 Å². The Labute approximate surface area is 139 Å². The van der Waals surface area contributed by atoms with Crippen LogP contribution >= 0.6 is 0 Å². The maximum absolute atomic E-state index is 11.4. The van der Waals surface area contributed by atoms with Crippen LogP contribution in [0.5, 0.6) is 0 Å². The van der Waals surface area contributed by atoms with Crippen LogP contribution in [-0.4, -0.2) is 23.7 Å². The van der Waals surface area contributed by atoms with Gasteiger partial charge in [0, 0.05) is 0 Å². The summed E-state index contributed by atoms with van der Waals surface area (Å²) >= 11 is 0. The van der Waals surface area contributed by atoms with Gasteiger partial charge in [0.1, 0.15) is 5.54 Å². The zero-order chi connectivity index (χ0) is 16.5. The van der Waals surface area contributed by atoms with Crippen molar-refractivity contribution in [3.05, 3.63) is 0 Å². The van der Waals surface area contributed by atoms with Crippen LogP contribution in [0.1, 0.15) is 84.0 Å². The summed E-state index contributed by atoms with van der Waals surface area (Å²) in [6, 6.07) is -0.211. The van der Waals surface area contributed by atoms with Crippen molar-refractivity contribution in [2.75, 3.05) is 0 Å². The van der Waals surface area contributed by atoms with E-state index in [1.54, 1.807) is 6.08 Å². The minimum Gasteiger partial charge on any atom is -0.211 e.